The zero-order valence-corrected chi connectivity index (χ0v) is 23.2. The van der Waals surface area contributed by atoms with Gasteiger partial charge >= 0.3 is 29.6 Å². The van der Waals surface area contributed by atoms with Crippen LogP contribution in [-0.4, -0.2) is 61.3 Å². The molecule has 11 heteroatoms. The van der Waals surface area contributed by atoms with Gasteiger partial charge in [0.15, 0.2) is 5.43 Å². The summed E-state index contributed by atoms with van der Waals surface area (Å²) in [7, 11) is 3.34. The van der Waals surface area contributed by atoms with Gasteiger partial charge in [-0.1, -0.05) is 11.6 Å². The van der Waals surface area contributed by atoms with Gasteiger partial charge in [0.1, 0.15) is 11.5 Å². The molecule has 34 heavy (non-hydrogen) atoms. The van der Waals surface area contributed by atoms with Crippen molar-refractivity contribution in [3.63, 3.8) is 0 Å². The van der Waals surface area contributed by atoms with Crippen molar-refractivity contribution in [2.75, 3.05) is 38.5 Å². The monoisotopic (exact) mass is 513 g/mol. The molecule has 4 rings (SSSR count). The first-order chi connectivity index (χ1) is 15.9. The summed E-state index contributed by atoms with van der Waals surface area (Å²) in [6, 6.07) is 7.02. The smallest absolute Gasteiger partial charge is 0.548 e. The van der Waals surface area contributed by atoms with E-state index in [1.807, 2.05) is 6.26 Å². The standard InChI is InChI=1S/C23H26ClN3O5S.Na/c1-31-9-8-26(13-10-14(11-13)32-2)18-7-5-16-21(30)15-4-6-17(24)22(33-3)20(15)27(12-19(28)29)23(16)25-18;/h4-7,13-14H,8-12H2,1-3H3,(H,28,29);/q;+1/p-1/t13-,14+;. The average molecular weight is 514 g/mol. The first kappa shape index (κ1) is 27.3. The summed E-state index contributed by atoms with van der Waals surface area (Å²) in [6.07, 6.45) is 3.75. The Bertz CT molecular complexity index is 1270. The maximum absolute atomic E-state index is 13.3. The number of hydrogen-bond acceptors (Lipinski definition) is 8. The Hall–Kier alpha value is -1.33. The van der Waals surface area contributed by atoms with Crippen molar-refractivity contribution in [1.29, 1.82) is 0 Å². The van der Waals surface area contributed by atoms with E-state index < -0.39 is 12.5 Å². The number of fused-ring (bicyclic) bond motifs is 2. The number of anilines is 1. The summed E-state index contributed by atoms with van der Waals surface area (Å²) in [5.41, 5.74) is 0.525. The molecule has 1 aliphatic carbocycles. The third kappa shape index (κ3) is 5.11. The molecule has 0 spiro atoms. The van der Waals surface area contributed by atoms with E-state index in [2.05, 4.69) is 4.90 Å². The van der Waals surface area contributed by atoms with Gasteiger partial charge in [-0.05, 0) is 43.4 Å². The number of pyridine rings is 2. The van der Waals surface area contributed by atoms with Crippen LogP contribution in [0.2, 0.25) is 5.02 Å². The molecule has 0 radical (unpaired) electrons. The summed E-state index contributed by atoms with van der Waals surface area (Å²) in [5.74, 6) is -0.628. The molecule has 2 heterocycles. The Morgan fingerprint density at radius 1 is 1.26 bits per heavy atom. The predicted molar refractivity (Wildman–Crippen MR) is 128 cm³/mol. The Balaban J connectivity index is 0.00000324. The minimum Gasteiger partial charge on any atom is -0.548 e. The van der Waals surface area contributed by atoms with Crippen molar-refractivity contribution in [3.05, 3.63) is 39.5 Å². The number of thioether (sulfide) groups is 1. The van der Waals surface area contributed by atoms with E-state index in [0.717, 1.165) is 12.8 Å². The van der Waals surface area contributed by atoms with Gasteiger partial charge in [0.05, 0.1) is 46.0 Å². The van der Waals surface area contributed by atoms with Crippen LogP contribution < -0.4 is 45.0 Å². The predicted octanol–water partition coefficient (Wildman–Crippen LogP) is -0.691. The van der Waals surface area contributed by atoms with Crippen LogP contribution in [0.3, 0.4) is 0 Å². The number of rotatable bonds is 9. The van der Waals surface area contributed by atoms with E-state index >= 15 is 0 Å². The van der Waals surface area contributed by atoms with Gasteiger partial charge in [0.2, 0.25) is 0 Å². The molecule has 3 aromatic rings. The van der Waals surface area contributed by atoms with Crippen molar-refractivity contribution in [3.8, 4) is 0 Å². The number of aliphatic carboxylic acids is 1. The van der Waals surface area contributed by atoms with E-state index in [1.165, 1.54) is 16.3 Å². The minimum atomic E-state index is -1.28. The maximum Gasteiger partial charge on any atom is 1.00 e. The van der Waals surface area contributed by atoms with Crippen molar-refractivity contribution in [2.24, 2.45) is 0 Å². The van der Waals surface area contributed by atoms with Gasteiger partial charge in [0.25, 0.3) is 0 Å². The van der Waals surface area contributed by atoms with E-state index in [9.17, 15) is 14.7 Å². The zero-order valence-electron chi connectivity index (χ0n) is 19.7. The van der Waals surface area contributed by atoms with Crippen molar-refractivity contribution in [1.82, 2.24) is 9.55 Å². The fourth-order valence-electron chi connectivity index (χ4n) is 4.37. The average Bonchev–Trinajstić information content (AvgIpc) is 2.77. The molecule has 1 aromatic carbocycles. The van der Waals surface area contributed by atoms with Crippen LogP contribution in [-0.2, 0) is 20.8 Å². The third-order valence-corrected chi connectivity index (χ3v) is 7.37. The van der Waals surface area contributed by atoms with Gasteiger partial charge in [-0.25, -0.2) is 4.98 Å². The summed E-state index contributed by atoms with van der Waals surface area (Å²) in [4.78, 5) is 32.6. The first-order valence-electron chi connectivity index (χ1n) is 10.6. The molecule has 0 unspecified atom stereocenters. The largest absolute Gasteiger partial charge is 1.00 e. The maximum atomic E-state index is 13.3. The second-order valence-corrected chi connectivity index (χ2v) is 9.20. The molecule has 0 atom stereocenters. The Labute approximate surface area is 228 Å². The Morgan fingerprint density at radius 2 is 1.97 bits per heavy atom. The number of methoxy groups -OCH3 is 2. The van der Waals surface area contributed by atoms with E-state index in [4.69, 9.17) is 26.1 Å². The van der Waals surface area contributed by atoms with Crippen LogP contribution in [0.4, 0.5) is 5.82 Å². The van der Waals surface area contributed by atoms with Crippen LogP contribution >= 0.6 is 23.4 Å². The summed E-state index contributed by atoms with van der Waals surface area (Å²) < 4.78 is 12.2. The van der Waals surface area contributed by atoms with Crippen LogP contribution in [0, 0.1) is 0 Å². The van der Waals surface area contributed by atoms with Crippen LogP contribution in [0.1, 0.15) is 12.8 Å². The number of carboxylic acids is 1. The second-order valence-electron chi connectivity index (χ2n) is 7.97. The van der Waals surface area contributed by atoms with Crippen LogP contribution in [0.25, 0.3) is 21.9 Å². The number of benzene rings is 1. The molecule has 0 amide bonds. The normalized spacial score (nSPS) is 17.4. The Kier molecular flexibility index (Phi) is 9.30. The number of halogens is 1. The quantitative estimate of drug-likeness (QED) is 0.211. The number of nitrogens with zero attached hydrogens (tertiary/aromatic N) is 3. The molecule has 2 aromatic heterocycles. The van der Waals surface area contributed by atoms with Crippen LogP contribution in [0.5, 0.6) is 0 Å². The topological polar surface area (TPSA) is 96.7 Å². The molecule has 8 nitrogen and oxygen atoms in total. The summed E-state index contributed by atoms with van der Waals surface area (Å²) in [6.45, 7) is 0.658. The van der Waals surface area contributed by atoms with Gasteiger partial charge in [-0.2, -0.15) is 0 Å². The van der Waals surface area contributed by atoms with Gasteiger partial charge in [0, 0.05) is 32.2 Å². The Morgan fingerprint density at radius 3 is 2.59 bits per heavy atom. The fourth-order valence-corrected chi connectivity index (χ4v) is 5.43. The fraction of sp³-hybridized carbons (Fsp3) is 0.435. The minimum absolute atomic E-state index is 0. The number of hydrogen-bond donors (Lipinski definition) is 0. The van der Waals surface area contributed by atoms with Gasteiger partial charge < -0.3 is 28.8 Å². The molecular formula is C23H25ClN3NaO5S. The van der Waals surface area contributed by atoms with E-state index in [1.54, 1.807) is 38.5 Å². The first-order valence-corrected chi connectivity index (χ1v) is 12.2. The molecule has 1 fully saturated rings. The molecule has 0 aliphatic heterocycles. The van der Waals surface area contributed by atoms with E-state index in [0.29, 0.717) is 45.2 Å². The second kappa shape index (κ2) is 11.6. The number of aromatic nitrogens is 2. The molecule has 1 saturated carbocycles. The van der Waals surface area contributed by atoms with Crippen LogP contribution in [0.15, 0.2) is 34.0 Å². The molecule has 0 bridgehead atoms. The molecule has 176 valence electrons. The summed E-state index contributed by atoms with van der Waals surface area (Å²) in [5, 5.41) is 12.9. The zero-order chi connectivity index (χ0) is 23.7. The third-order valence-electron chi connectivity index (χ3n) is 6.12. The van der Waals surface area contributed by atoms with Crippen molar-refractivity contribution in [2.45, 2.75) is 36.4 Å². The molecule has 0 N–H and O–H groups in total. The summed E-state index contributed by atoms with van der Waals surface area (Å²) >= 11 is 7.75. The number of carbonyl (C=O) groups excluding carboxylic acids is 1. The molecule has 0 saturated heterocycles. The molecule has 1 aliphatic rings. The van der Waals surface area contributed by atoms with Crippen molar-refractivity contribution < 1.29 is 48.9 Å². The number of carbonyl (C=O) groups is 1. The van der Waals surface area contributed by atoms with E-state index in [-0.39, 0.29) is 52.8 Å². The van der Waals surface area contributed by atoms with Gasteiger partial charge in [-0.15, -0.1) is 11.8 Å². The number of carboxylic acid groups (broad SMARTS) is 1. The SMILES string of the molecule is COCCN(c1ccc2c(=O)c3ccc(Cl)c(SC)c3n(CC(=O)[O-])c2n1)[C@H]1C[C@@H](OC)C1.[Na+]. The molecular weight excluding hydrogens is 489 g/mol. The number of ether oxygens (including phenoxy) is 2. The van der Waals surface area contributed by atoms with Gasteiger partial charge in [-0.3, -0.25) is 4.79 Å². The van der Waals surface area contributed by atoms with Crippen molar-refractivity contribution >= 4 is 57.1 Å².